The molecule has 194 valence electrons. The predicted octanol–water partition coefficient (Wildman–Crippen LogP) is 6.06. The summed E-state index contributed by atoms with van der Waals surface area (Å²) in [5.41, 5.74) is 3.57. The molecule has 0 aliphatic carbocycles. The Morgan fingerprint density at radius 2 is 1.87 bits per heavy atom. The first-order valence-corrected chi connectivity index (χ1v) is 12.4. The average molecular weight is 530 g/mol. The second-order valence-corrected chi connectivity index (χ2v) is 9.31. The highest BCUT2D eigenvalue weighted by Crippen LogP contribution is 2.36. The van der Waals surface area contributed by atoms with Gasteiger partial charge in [0.2, 0.25) is 0 Å². The van der Waals surface area contributed by atoms with Gasteiger partial charge in [0.05, 0.1) is 36.4 Å². The first kappa shape index (κ1) is 26.8. The van der Waals surface area contributed by atoms with Crippen molar-refractivity contribution in [2.24, 2.45) is 5.10 Å². The molecule has 1 aromatic heterocycles. The van der Waals surface area contributed by atoms with Crippen LogP contribution in [0.25, 0.3) is 22.3 Å². The van der Waals surface area contributed by atoms with Crippen LogP contribution in [0.5, 0.6) is 17.2 Å². The highest BCUT2D eigenvalue weighted by molar-refractivity contribution is 6.32. The Labute approximate surface area is 226 Å². The third-order valence-corrected chi connectivity index (χ3v) is 6.35. The van der Waals surface area contributed by atoms with Gasteiger partial charge in [-0.25, -0.2) is 4.98 Å². The van der Waals surface area contributed by atoms with E-state index in [1.807, 2.05) is 31.2 Å². The Bertz CT molecular complexity index is 1630. The second kappa shape index (κ2) is 11.4. The third kappa shape index (κ3) is 5.22. The minimum atomic E-state index is -0.296. The topological polar surface area (TPSA) is 74.9 Å². The van der Waals surface area contributed by atoms with Gasteiger partial charge >= 0.3 is 0 Å². The summed E-state index contributed by atoms with van der Waals surface area (Å²) in [6.07, 6.45) is 6.83. The summed E-state index contributed by atoms with van der Waals surface area (Å²) >= 11 is 6.44. The van der Waals surface area contributed by atoms with Crippen LogP contribution < -0.4 is 19.8 Å². The Kier molecular flexibility index (Phi) is 8.04. The normalized spacial score (nSPS) is 11.2. The van der Waals surface area contributed by atoms with Crippen LogP contribution >= 0.6 is 11.6 Å². The van der Waals surface area contributed by atoms with Crippen molar-refractivity contribution in [3.05, 3.63) is 80.6 Å². The molecular formula is C30H28ClN3O4. The van der Waals surface area contributed by atoms with Crippen molar-refractivity contribution in [3.63, 3.8) is 0 Å². The van der Waals surface area contributed by atoms with Crippen LogP contribution in [-0.2, 0) is 0 Å². The zero-order chi connectivity index (χ0) is 27.4. The summed E-state index contributed by atoms with van der Waals surface area (Å²) in [5, 5.41) is 5.33. The molecule has 0 bridgehead atoms. The van der Waals surface area contributed by atoms with E-state index < -0.39 is 0 Å². The molecular weight excluding hydrogens is 502 g/mol. The molecule has 0 N–H and O–H groups in total. The molecule has 0 atom stereocenters. The molecule has 7 nitrogen and oxygen atoms in total. The lowest BCUT2D eigenvalue weighted by molar-refractivity contribution is 0.331. The number of halogens is 1. The van der Waals surface area contributed by atoms with E-state index in [1.165, 1.54) is 18.0 Å². The van der Waals surface area contributed by atoms with Crippen LogP contribution in [0.3, 0.4) is 0 Å². The van der Waals surface area contributed by atoms with Gasteiger partial charge in [-0.1, -0.05) is 43.5 Å². The number of fused-ring (bicyclic) bond motifs is 1. The van der Waals surface area contributed by atoms with Crippen LogP contribution in [-0.4, -0.2) is 36.7 Å². The molecule has 38 heavy (non-hydrogen) atoms. The number of aryl methyl sites for hydroxylation is 1. The van der Waals surface area contributed by atoms with E-state index in [9.17, 15) is 4.79 Å². The summed E-state index contributed by atoms with van der Waals surface area (Å²) in [4.78, 5) is 18.5. The Balaban J connectivity index is 1.93. The molecule has 0 radical (unpaired) electrons. The summed E-state index contributed by atoms with van der Waals surface area (Å²) in [6, 6.07) is 14.5. The molecule has 8 heteroatoms. The summed E-state index contributed by atoms with van der Waals surface area (Å²) in [6.45, 7) is 6.18. The summed E-state index contributed by atoms with van der Waals surface area (Å²) in [7, 11) is 3.15. The standard InChI is InChI=1S/C30H28ClN3O4/c1-7-12-38-28-24(31)14-20(15-27(28)37-6)17-32-34-29(33-25-11-9-8-10-21(25)30(34)35)23-16-22(18(2)3)26(36-5)13-19(23)4/h1,8-11,13-18H,12H2,2-6H3. The lowest BCUT2D eigenvalue weighted by atomic mass is 9.96. The van der Waals surface area contributed by atoms with Gasteiger partial charge in [0.25, 0.3) is 5.56 Å². The smallest absolute Gasteiger partial charge is 0.282 e. The monoisotopic (exact) mass is 529 g/mol. The van der Waals surface area contributed by atoms with Gasteiger partial charge < -0.3 is 14.2 Å². The number of rotatable bonds is 8. The van der Waals surface area contributed by atoms with Gasteiger partial charge in [-0.15, -0.1) is 6.42 Å². The fourth-order valence-electron chi connectivity index (χ4n) is 4.16. The second-order valence-electron chi connectivity index (χ2n) is 8.90. The number of para-hydroxylation sites is 1. The maximum Gasteiger partial charge on any atom is 0.282 e. The largest absolute Gasteiger partial charge is 0.496 e. The van der Waals surface area contributed by atoms with Crippen molar-refractivity contribution in [3.8, 4) is 41.0 Å². The lowest BCUT2D eigenvalue weighted by Crippen LogP contribution is -2.20. The van der Waals surface area contributed by atoms with E-state index in [4.69, 9.17) is 37.2 Å². The van der Waals surface area contributed by atoms with Gasteiger partial charge in [0, 0.05) is 5.56 Å². The predicted molar refractivity (Wildman–Crippen MR) is 152 cm³/mol. The van der Waals surface area contributed by atoms with E-state index in [-0.39, 0.29) is 18.1 Å². The maximum atomic E-state index is 13.7. The van der Waals surface area contributed by atoms with Crippen molar-refractivity contribution < 1.29 is 14.2 Å². The average Bonchev–Trinajstić information content (AvgIpc) is 2.91. The number of hydrogen-bond donors (Lipinski definition) is 0. The van der Waals surface area contributed by atoms with E-state index in [0.717, 1.165) is 22.4 Å². The van der Waals surface area contributed by atoms with Crippen LogP contribution in [0.2, 0.25) is 5.02 Å². The molecule has 4 rings (SSSR count). The van der Waals surface area contributed by atoms with Gasteiger partial charge in [0.1, 0.15) is 12.4 Å². The van der Waals surface area contributed by atoms with Gasteiger partial charge in [-0.2, -0.15) is 9.78 Å². The third-order valence-electron chi connectivity index (χ3n) is 6.07. The van der Waals surface area contributed by atoms with Crippen LogP contribution in [0.4, 0.5) is 0 Å². The molecule has 0 aliphatic rings. The van der Waals surface area contributed by atoms with Crippen LogP contribution in [0.15, 0.2) is 58.4 Å². The Morgan fingerprint density at radius 1 is 1.13 bits per heavy atom. The molecule has 0 saturated heterocycles. The fourth-order valence-corrected chi connectivity index (χ4v) is 4.44. The lowest BCUT2D eigenvalue weighted by Gasteiger charge is -2.17. The van der Waals surface area contributed by atoms with Crippen molar-refractivity contribution in [2.45, 2.75) is 26.7 Å². The van der Waals surface area contributed by atoms with Gasteiger partial charge in [0.15, 0.2) is 17.3 Å². The molecule has 0 aliphatic heterocycles. The minimum absolute atomic E-state index is 0.0462. The van der Waals surface area contributed by atoms with Crippen LogP contribution in [0, 0.1) is 19.3 Å². The number of terminal acetylenes is 1. The van der Waals surface area contributed by atoms with Crippen LogP contribution in [0.1, 0.15) is 36.5 Å². The number of benzene rings is 3. The molecule has 0 saturated carbocycles. The number of methoxy groups -OCH3 is 2. The number of aromatic nitrogens is 2. The van der Waals surface area contributed by atoms with Crippen molar-refractivity contribution in [2.75, 3.05) is 20.8 Å². The quantitative estimate of drug-likeness (QED) is 0.205. The van der Waals surface area contributed by atoms with Gasteiger partial charge in [-0.05, 0) is 65.9 Å². The van der Waals surface area contributed by atoms with E-state index in [1.54, 1.807) is 31.4 Å². The molecule has 3 aromatic carbocycles. The highest BCUT2D eigenvalue weighted by atomic mass is 35.5. The summed E-state index contributed by atoms with van der Waals surface area (Å²) in [5.74, 6) is 4.53. The number of hydrogen-bond acceptors (Lipinski definition) is 6. The SMILES string of the molecule is C#CCOc1c(Cl)cc(C=Nn2c(-c3cc(C(C)C)c(OC)cc3C)nc3ccccc3c2=O)cc1OC. The van der Waals surface area contributed by atoms with Crippen molar-refractivity contribution >= 4 is 28.7 Å². The zero-order valence-corrected chi connectivity index (χ0v) is 22.7. The molecule has 0 unspecified atom stereocenters. The van der Waals surface area contributed by atoms with E-state index in [0.29, 0.717) is 38.8 Å². The van der Waals surface area contributed by atoms with E-state index in [2.05, 4.69) is 24.9 Å². The minimum Gasteiger partial charge on any atom is -0.496 e. The maximum absolute atomic E-state index is 13.7. The first-order valence-electron chi connectivity index (χ1n) is 12.0. The fraction of sp³-hybridized carbons (Fsp3) is 0.233. The highest BCUT2D eigenvalue weighted by Gasteiger charge is 2.18. The molecule has 1 heterocycles. The molecule has 0 fully saturated rings. The van der Waals surface area contributed by atoms with Crippen molar-refractivity contribution in [1.29, 1.82) is 0 Å². The van der Waals surface area contributed by atoms with E-state index >= 15 is 0 Å². The van der Waals surface area contributed by atoms with Crippen molar-refractivity contribution in [1.82, 2.24) is 9.66 Å². The summed E-state index contributed by atoms with van der Waals surface area (Å²) < 4.78 is 17.9. The number of nitrogens with zero attached hydrogens (tertiary/aromatic N) is 3. The molecule has 0 spiro atoms. The molecule has 0 amide bonds. The zero-order valence-electron chi connectivity index (χ0n) is 21.9. The first-order chi connectivity index (χ1) is 18.3. The molecule has 4 aromatic rings. The number of ether oxygens (including phenoxy) is 3. The van der Waals surface area contributed by atoms with Gasteiger partial charge in [-0.3, -0.25) is 4.79 Å². The Hall–Kier alpha value is -4.28. The Morgan fingerprint density at radius 3 is 2.55 bits per heavy atom.